The first-order valence-electron chi connectivity index (χ1n) is 4.47. The molecule has 11 heavy (non-hydrogen) atoms. The number of hydrogen-bond donors (Lipinski definition) is 1. The Morgan fingerprint density at radius 1 is 1.45 bits per heavy atom. The zero-order valence-corrected chi connectivity index (χ0v) is 7.39. The summed E-state index contributed by atoms with van der Waals surface area (Å²) in [5, 5.41) is 2.70. The molecule has 0 aromatic rings. The van der Waals surface area contributed by atoms with Crippen LogP contribution < -0.4 is 5.32 Å². The molecule has 2 heteroatoms. The highest BCUT2D eigenvalue weighted by molar-refractivity contribution is 5.78. The van der Waals surface area contributed by atoms with E-state index in [1.165, 1.54) is 25.7 Å². The zero-order chi connectivity index (χ0) is 8.27. The monoisotopic (exact) mass is 155 g/mol. The molecule has 1 aliphatic rings. The smallest absolute Gasteiger partial charge is 0.222 e. The van der Waals surface area contributed by atoms with Crippen molar-refractivity contribution in [1.82, 2.24) is 5.32 Å². The van der Waals surface area contributed by atoms with E-state index in [9.17, 15) is 4.79 Å². The second-order valence-electron chi connectivity index (χ2n) is 3.45. The molecule has 1 atom stereocenters. The van der Waals surface area contributed by atoms with E-state index in [4.69, 9.17) is 0 Å². The molecule has 1 N–H and O–H groups in total. The predicted octanol–water partition coefficient (Wildman–Crippen LogP) is 1.56. The maximum absolute atomic E-state index is 11.2. The van der Waals surface area contributed by atoms with Crippen molar-refractivity contribution in [2.24, 2.45) is 11.8 Å². The van der Waals surface area contributed by atoms with E-state index in [0.29, 0.717) is 5.92 Å². The van der Waals surface area contributed by atoms with Crippen LogP contribution in [0.5, 0.6) is 0 Å². The molecule has 64 valence electrons. The number of hydrogen-bond acceptors (Lipinski definition) is 1. The van der Waals surface area contributed by atoms with Crippen LogP contribution in [0.25, 0.3) is 0 Å². The molecular weight excluding hydrogens is 138 g/mol. The first-order chi connectivity index (χ1) is 5.25. The van der Waals surface area contributed by atoms with Crippen molar-refractivity contribution in [3.05, 3.63) is 0 Å². The Kier molecular flexibility index (Phi) is 2.92. The molecule has 0 aromatic carbocycles. The summed E-state index contributed by atoms with van der Waals surface area (Å²) in [5.74, 6) is 1.08. The maximum atomic E-state index is 11.2. The molecule has 0 radical (unpaired) electrons. The molecule has 1 saturated carbocycles. The van der Waals surface area contributed by atoms with Gasteiger partial charge in [-0.3, -0.25) is 4.79 Å². The summed E-state index contributed by atoms with van der Waals surface area (Å²) < 4.78 is 0. The van der Waals surface area contributed by atoms with E-state index in [2.05, 4.69) is 5.32 Å². The quantitative estimate of drug-likeness (QED) is 0.644. The summed E-state index contributed by atoms with van der Waals surface area (Å²) in [7, 11) is 1.72. The van der Waals surface area contributed by atoms with Crippen LogP contribution in [0.3, 0.4) is 0 Å². The van der Waals surface area contributed by atoms with Crippen molar-refractivity contribution >= 4 is 5.91 Å². The summed E-state index contributed by atoms with van der Waals surface area (Å²) in [6, 6.07) is 0. The fraction of sp³-hybridized carbons (Fsp3) is 0.889. The van der Waals surface area contributed by atoms with Gasteiger partial charge in [-0.15, -0.1) is 0 Å². The minimum atomic E-state index is 0.205. The van der Waals surface area contributed by atoms with E-state index in [-0.39, 0.29) is 11.8 Å². The van der Waals surface area contributed by atoms with E-state index in [1.54, 1.807) is 7.05 Å². The summed E-state index contributed by atoms with van der Waals surface area (Å²) in [6.45, 7) is 2.04. The van der Waals surface area contributed by atoms with Crippen molar-refractivity contribution < 1.29 is 4.79 Å². The third-order valence-corrected chi connectivity index (χ3v) is 2.77. The largest absolute Gasteiger partial charge is 0.359 e. The summed E-state index contributed by atoms with van der Waals surface area (Å²) in [5.41, 5.74) is 0. The molecule has 0 aromatic heterocycles. The Labute approximate surface area is 68.4 Å². The minimum Gasteiger partial charge on any atom is -0.359 e. The fourth-order valence-electron chi connectivity index (χ4n) is 1.90. The van der Waals surface area contributed by atoms with Crippen molar-refractivity contribution in [3.63, 3.8) is 0 Å². The first kappa shape index (κ1) is 8.57. The van der Waals surface area contributed by atoms with Crippen molar-refractivity contribution in [2.45, 2.75) is 32.6 Å². The number of carbonyl (C=O) groups is 1. The fourth-order valence-corrected chi connectivity index (χ4v) is 1.90. The van der Waals surface area contributed by atoms with Crippen molar-refractivity contribution in [2.75, 3.05) is 7.05 Å². The van der Waals surface area contributed by atoms with Gasteiger partial charge in [0, 0.05) is 13.0 Å². The minimum absolute atomic E-state index is 0.205. The second kappa shape index (κ2) is 3.74. The lowest BCUT2D eigenvalue weighted by Gasteiger charge is -2.16. The van der Waals surface area contributed by atoms with Gasteiger partial charge >= 0.3 is 0 Å². The molecule has 0 aliphatic heterocycles. The van der Waals surface area contributed by atoms with Gasteiger partial charge in [0.2, 0.25) is 5.91 Å². The Hall–Kier alpha value is -0.530. The van der Waals surface area contributed by atoms with Crippen molar-refractivity contribution in [3.8, 4) is 0 Å². The third-order valence-electron chi connectivity index (χ3n) is 2.77. The highest BCUT2D eigenvalue weighted by atomic mass is 16.1. The van der Waals surface area contributed by atoms with E-state index in [0.717, 1.165) is 0 Å². The van der Waals surface area contributed by atoms with Gasteiger partial charge < -0.3 is 5.32 Å². The molecular formula is C9H17NO. The van der Waals surface area contributed by atoms with Crippen LogP contribution in [0.1, 0.15) is 32.6 Å². The molecule has 1 unspecified atom stereocenters. The number of carbonyl (C=O) groups excluding carboxylic acids is 1. The lowest BCUT2D eigenvalue weighted by molar-refractivity contribution is -0.125. The molecule has 0 bridgehead atoms. The lowest BCUT2D eigenvalue weighted by atomic mass is 9.92. The van der Waals surface area contributed by atoms with Gasteiger partial charge in [-0.2, -0.15) is 0 Å². The Balaban J connectivity index is 2.39. The highest BCUT2D eigenvalue weighted by Gasteiger charge is 2.25. The van der Waals surface area contributed by atoms with Crippen molar-refractivity contribution in [1.29, 1.82) is 0 Å². The molecule has 1 amide bonds. The topological polar surface area (TPSA) is 29.1 Å². The van der Waals surface area contributed by atoms with Crippen LogP contribution in [-0.4, -0.2) is 13.0 Å². The Morgan fingerprint density at radius 2 is 2.00 bits per heavy atom. The maximum Gasteiger partial charge on any atom is 0.222 e. The van der Waals surface area contributed by atoms with Gasteiger partial charge in [-0.05, 0) is 18.8 Å². The molecule has 2 nitrogen and oxygen atoms in total. The van der Waals surface area contributed by atoms with Gasteiger partial charge in [-0.25, -0.2) is 0 Å². The van der Waals surface area contributed by atoms with Crippen LogP contribution in [-0.2, 0) is 4.79 Å². The second-order valence-corrected chi connectivity index (χ2v) is 3.45. The number of rotatable bonds is 2. The van der Waals surface area contributed by atoms with Gasteiger partial charge in [0.05, 0.1) is 0 Å². The van der Waals surface area contributed by atoms with E-state index in [1.807, 2.05) is 6.92 Å². The predicted molar refractivity (Wildman–Crippen MR) is 45.2 cm³/mol. The van der Waals surface area contributed by atoms with Crippen LogP contribution in [0.2, 0.25) is 0 Å². The molecule has 0 saturated heterocycles. The number of amides is 1. The van der Waals surface area contributed by atoms with E-state index >= 15 is 0 Å². The normalized spacial score (nSPS) is 21.6. The Bertz CT molecular complexity index is 138. The third kappa shape index (κ3) is 1.95. The lowest BCUT2D eigenvalue weighted by Crippen LogP contribution is -2.29. The summed E-state index contributed by atoms with van der Waals surface area (Å²) in [6.07, 6.45) is 5.11. The molecule has 1 aliphatic carbocycles. The van der Waals surface area contributed by atoms with Gasteiger partial charge in [0.15, 0.2) is 0 Å². The summed E-state index contributed by atoms with van der Waals surface area (Å²) in [4.78, 5) is 11.2. The van der Waals surface area contributed by atoms with Gasteiger partial charge in [0.25, 0.3) is 0 Å². The zero-order valence-electron chi connectivity index (χ0n) is 7.39. The summed E-state index contributed by atoms with van der Waals surface area (Å²) >= 11 is 0. The molecule has 0 heterocycles. The first-order valence-corrected chi connectivity index (χ1v) is 4.47. The SMILES string of the molecule is CNC(=O)C(C)C1CCCC1. The van der Waals surface area contributed by atoms with Crippen LogP contribution in [0.4, 0.5) is 0 Å². The standard InChI is InChI=1S/C9H17NO/c1-7(9(11)10-2)8-5-3-4-6-8/h7-8H,3-6H2,1-2H3,(H,10,11). The van der Waals surface area contributed by atoms with Gasteiger partial charge in [0.1, 0.15) is 0 Å². The van der Waals surface area contributed by atoms with E-state index < -0.39 is 0 Å². The molecule has 1 rings (SSSR count). The number of nitrogens with one attached hydrogen (secondary N) is 1. The Morgan fingerprint density at radius 3 is 2.45 bits per heavy atom. The molecule has 1 fully saturated rings. The van der Waals surface area contributed by atoms with Gasteiger partial charge in [-0.1, -0.05) is 19.8 Å². The van der Waals surface area contributed by atoms with Crippen LogP contribution in [0, 0.1) is 11.8 Å². The van der Waals surface area contributed by atoms with Crippen LogP contribution in [0.15, 0.2) is 0 Å². The highest BCUT2D eigenvalue weighted by Crippen LogP contribution is 2.30. The average Bonchev–Trinajstić information content (AvgIpc) is 2.53. The van der Waals surface area contributed by atoms with Crippen LogP contribution >= 0.6 is 0 Å². The average molecular weight is 155 g/mol. The molecule has 0 spiro atoms.